The van der Waals surface area contributed by atoms with Crippen molar-refractivity contribution in [3.8, 4) is 5.75 Å². The summed E-state index contributed by atoms with van der Waals surface area (Å²) in [5.74, 6) is 1.16. The van der Waals surface area contributed by atoms with Gasteiger partial charge in [-0.05, 0) is 62.2 Å². The lowest BCUT2D eigenvalue weighted by molar-refractivity contribution is 0.275. The van der Waals surface area contributed by atoms with Crippen LogP contribution in [0.5, 0.6) is 5.75 Å². The number of hydrogen-bond acceptors (Lipinski definition) is 2. The van der Waals surface area contributed by atoms with Gasteiger partial charge in [-0.15, -0.1) is 0 Å². The molecule has 2 aromatic carbocycles. The first-order valence-electron chi connectivity index (χ1n) is 7.35. The summed E-state index contributed by atoms with van der Waals surface area (Å²) in [6.45, 7) is 1.57. The summed E-state index contributed by atoms with van der Waals surface area (Å²) in [6.07, 6.45) is 1.79. The number of benzene rings is 2. The van der Waals surface area contributed by atoms with Gasteiger partial charge >= 0.3 is 0 Å². The Morgan fingerprint density at radius 1 is 1.10 bits per heavy atom. The zero-order valence-corrected chi connectivity index (χ0v) is 12.4. The predicted octanol–water partition coefficient (Wildman–Crippen LogP) is 3.67. The highest BCUT2D eigenvalue weighted by Gasteiger charge is 2.10. The lowest BCUT2D eigenvalue weighted by Crippen LogP contribution is -2.22. The average molecular weight is 287 g/mol. The van der Waals surface area contributed by atoms with Gasteiger partial charge in [-0.25, -0.2) is 4.39 Å². The van der Waals surface area contributed by atoms with Crippen LogP contribution in [0.4, 0.5) is 4.39 Å². The number of hydrogen-bond donors (Lipinski definition) is 1. The minimum atomic E-state index is -0.170. The number of para-hydroxylation sites is 1. The maximum atomic E-state index is 13.2. The van der Waals surface area contributed by atoms with E-state index in [4.69, 9.17) is 4.74 Å². The van der Waals surface area contributed by atoms with Crippen molar-refractivity contribution >= 4 is 0 Å². The van der Waals surface area contributed by atoms with Crippen molar-refractivity contribution in [1.29, 1.82) is 0 Å². The van der Waals surface area contributed by atoms with Gasteiger partial charge < -0.3 is 10.1 Å². The van der Waals surface area contributed by atoms with Crippen LogP contribution in [0, 0.1) is 11.7 Å². The number of ether oxygens (including phenoxy) is 1. The van der Waals surface area contributed by atoms with Crippen LogP contribution >= 0.6 is 0 Å². The highest BCUT2D eigenvalue weighted by Crippen LogP contribution is 2.15. The molecule has 0 saturated carbocycles. The lowest BCUT2D eigenvalue weighted by Gasteiger charge is -2.17. The Labute approximate surface area is 126 Å². The second-order valence-electron chi connectivity index (χ2n) is 5.21. The van der Waals surface area contributed by atoms with E-state index in [-0.39, 0.29) is 5.82 Å². The molecule has 1 atom stereocenters. The molecule has 0 heterocycles. The van der Waals surface area contributed by atoms with E-state index in [1.165, 1.54) is 6.07 Å². The maximum absolute atomic E-state index is 13.2. The molecular weight excluding hydrogens is 265 g/mol. The molecule has 0 spiro atoms. The second kappa shape index (κ2) is 8.42. The van der Waals surface area contributed by atoms with Gasteiger partial charge in [0, 0.05) is 0 Å². The van der Waals surface area contributed by atoms with Crippen molar-refractivity contribution in [3.63, 3.8) is 0 Å². The Bertz CT molecular complexity index is 530. The van der Waals surface area contributed by atoms with Crippen LogP contribution in [0.2, 0.25) is 0 Å². The van der Waals surface area contributed by atoms with Crippen molar-refractivity contribution < 1.29 is 9.13 Å². The molecule has 21 heavy (non-hydrogen) atoms. The number of halogens is 1. The molecular formula is C18H22FNO. The summed E-state index contributed by atoms with van der Waals surface area (Å²) >= 11 is 0. The minimum absolute atomic E-state index is 0.170. The van der Waals surface area contributed by atoms with E-state index in [0.29, 0.717) is 12.5 Å². The van der Waals surface area contributed by atoms with E-state index in [0.717, 1.165) is 30.7 Å². The average Bonchev–Trinajstić information content (AvgIpc) is 2.48. The summed E-state index contributed by atoms with van der Waals surface area (Å²) in [5, 5.41) is 3.20. The highest BCUT2D eigenvalue weighted by atomic mass is 19.1. The Balaban J connectivity index is 1.84. The zero-order valence-electron chi connectivity index (χ0n) is 12.4. The van der Waals surface area contributed by atoms with Gasteiger partial charge in [-0.2, -0.15) is 0 Å². The zero-order chi connectivity index (χ0) is 14.9. The van der Waals surface area contributed by atoms with Crippen LogP contribution < -0.4 is 10.1 Å². The standard InChI is InChI=1S/C18H22FNO/c1-20-14-16(12-15-6-5-7-17(19)13-15)10-11-21-18-8-3-2-4-9-18/h2-9,13,16,20H,10-12,14H2,1H3. The van der Waals surface area contributed by atoms with Gasteiger partial charge in [0.2, 0.25) is 0 Å². The van der Waals surface area contributed by atoms with Crippen molar-refractivity contribution in [2.75, 3.05) is 20.2 Å². The molecule has 0 amide bonds. The highest BCUT2D eigenvalue weighted by molar-refractivity contribution is 5.21. The smallest absolute Gasteiger partial charge is 0.123 e. The molecule has 0 fully saturated rings. The van der Waals surface area contributed by atoms with Crippen LogP contribution in [0.1, 0.15) is 12.0 Å². The summed E-state index contributed by atoms with van der Waals surface area (Å²) < 4.78 is 19.0. The van der Waals surface area contributed by atoms with Crippen LogP contribution in [-0.4, -0.2) is 20.2 Å². The fourth-order valence-corrected chi connectivity index (χ4v) is 2.42. The summed E-state index contributed by atoms with van der Waals surface area (Å²) in [6, 6.07) is 16.7. The lowest BCUT2D eigenvalue weighted by atomic mass is 9.96. The summed E-state index contributed by atoms with van der Waals surface area (Å²) in [4.78, 5) is 0. The van der Waals surface area contributed by atoms with E-state index >= 15 is 0 Å². The molecule has 0 saturated heterocycles. The van der Waals surface area contributed by atoms with Crippen LogP contribution in [-0.2, 0) is 6.42 Å². The first kappa shape index (κ1) is 15.5. The van der Waals surface area contributed by atoms with Crippen molar-refractivity contribution in [2.24, 2.45) is 5.92 Å². The third-order valence-corrected chi connectivity index (χ3v) is 3.44. The van der Waals surface area contributed by atoms with E-state index in [9.17, 15) is 4.39 Å². The monoisotopic (exact) mass is 287 g/mol. The van der Waals surface area contributed by atoms with Gasteiger partial charge in [0.1, 0.15) is 11.6 Å². The Morgan fingerprint density at radius 2 is 1.90 bits per heavy atom. The SMILES string of the molecule is CNCC(CCOc1ccccc1)Cc1cccc(F)c1. The second-order valence-corrected chi connectivity index (χ2v) is 5.21. The summed E-state index contributed by atoms with van der Waals surface area (Å²) in [5.41, 5.74) is 1.04. The molecule has 3 heteroatoms. The van der Waals surface area contributed by atoms with Crippen LogP contribution in [0.15, 0.2) is 54.6 Å². The third kappa shape index (κ3) is 5.56. The van der Waals surface area contributed by atoms with E-state index < -0.39 is 0 Å². The molecule has 1 N–H and O–H groups in total. The minimum Gasteiger partial charge on any atom is -0.494 e. The summed E-state index contributed by atoms with van der Waals surface area (Å²) in [7, 11) is 1.94. The van der Waals surface area contributed by atoms with Crippen molar-refractivity contribution in [3.05, 3.63) is 66.0 Å². The van der Waals surface area contributed by atoms with E-state index in [2.05, 4.69) is 5.32 Å². The maximum Gasteiger partial charge on any atom is 0.123 e. The molecule has 1 unspecified atom stereocenters. The van der Waals surface area contributed by atoms with Gasteiger partial charge in [0.25, 0.3) is 0 Å². The molecule has 2 aromatic rings. The Morgan fingerprint density at radius 3 is 2.62 bits per heavy atom. The normalized spacial score (nSPS) is 12.1. The molecule has 0 aromatic heterocycles. The van der Waals surface area contributed by atoms with Gasteiger partial charge in [0.15, 0.2) is 0 Å². The topological polar surface area (TPSA) is 21.3 Å². The van der Waals surface area contributed by atoms with Crippen molar-refractivity contribution in [2.45, 2.75) is 12.8 Å². The molecule has 0 bridgehead atoms. The number of rotatable bonds is 8. The van der Waals surface area contributed by atoms with E-state index in [1.54, 1.807) is 12.1 Å². The molecule has 0 aliphatic heterocycles. The van der Waals surface area contributed by atoms with Gasteiger partial charge in [-0.1, -0.05) is 30.3 Å². The number of nitrogens with one attached hydrogen (secondary N) is 1. The molecule has 2 nitrogen and oxygen atoms in total. The first-order valence-corrected chi connectivity index (χ1v) is 7.35. The van der Waals surface area contributed by atoms with Gasteiger partial charge in [-0.3, -0.25) is 0 Å². The quantitative estimate of drug-likeness (QED) is 0.800. The molecule has 0 aliphatic carbocycles. The van der Waals surface area contributed by atoms with Crippen LogP contribution in [0.25, 0.3) is 0 Å². The third-order valence-electron chi connectivity index (χ3n) is 3.44. The molecule has 112 valence electrons. The first-order chi connectivity index (χ1) is 10.3. The fraction of sp³-hybridized carbons (Fsp3) is 0.333. The molecule has 2 rings (SSSR count). The Kier molecular flexibility index (Phi) is 6.22. The van der Waals surface area contributed by atoms with Crippen molar-refractivity contribution in [1.82, 2.24) is 5.32 Å². The molecule has 0 radical (unpaired) electrons. The van der Waals surface area contributed by atoms with Crippen LogP contribution in [0.3, 0.4) is 0 Å². The fourth-order valence-electron chi connectivity index (χ4n) is 2.42. The van der Waals surface area contributed by atoms with Gasteiger partial charge in [0.05, 0.1) is 6.61 Å². The molecule has 0 aliphatic rings. The largest absolute Gasteiger partial charge is 0.494 e. The van der Waals surface area contributed by atoms with E-state index in [1.807, 2.05) is 43.4 Å². The Hall–Kier alpha value is -1.87. The predicted molar refractivity (Wildman–Crippen MR) is 84.1 cm³/mol.